The Bertz CT molecular complexity index is 577. The number of rotatable bonds is 4. The molecule has 0 spiro atoms. The normalized spacial score (nSPS) is 22.5. The lowest BCUT2D eigenvalue weighted by molar-refractivity contribution is -0.140. The fraction of sp³-hybridized carbons (Fsp3) is 0.625. The molecule has 2 fully saturated rings. The number of hydrogen-bond acceptors (Lipinski definition) is 4. The molecular weight excluding hydrogens is 334 g/mol. The molecule has 1 aromatic rings. The number of likely N-dealkylation sites (tertiary alicyclic amines) is 1. The summed E-state index contributed by atoms with van der Waals surface area (Å²) in [6.07, 6.45) is 3.22. The summed E-state index contributed by atoms with van der Waals surface area (Å²) >= 11 is 7.46. The van der Waals surface area contributed by atoms with E-state index in [1.165, 1.54) is 11.3 Å². The summed E-state index contributed by atoms with van der Waals surface area (Å²) in [7, 11) is 0. The zero-order chi connectivity index (χ0) is 16.2. The van der Waals surface area contributed by atoms with E-state index in [9.17, 15) is 9.59 Å². The summed E-state index contributed by atoms with van der Waals surface area (Å²) in [6, 6.07) is 4.04. The van der Waals surface area contributed by atoms with Gasteiger partial charge in [-0.1, -0.05) is 11.6 Å². The van der Waals surface area contributed by atoms with Crippen LogP contribution < -0.4 is 5.32 Å². The van der Waals surface area contributed by atoms with Gasteiger partial charge < -0.3 is 15.1 Å². The van der Waals surface area contributed by atoms with Gasteiger partial charge >= 0.3 is 0 Å². The minimum absolute atomic E-state index is 0.156. The topological polar surface area (TPSA) is 52.7 Å². The van der Waals surface area contributed by atoms with Crippen LogP contribution in [0.15, 0.2) is 12.1 Å². The standard InChI is InChI=1S/C16H22ClN3O2S/c17-14-5-3-13(23-14)4-6-15(21)19-8-1-2-12(11-19)20-9-7-18-10-16(20)22/h3,5,12,18H,1-2,4,6-11H2. The van der Waals surface area contributed by atoms with Gasteiger partial charge in [0.1, 0.15) is 0 Å². The van der Waals surface area contributed by atoms with Gasteiger partial charge in [0.15, 0.2) is 0 Å². The predicted octanol–water partition coefficient (Wildman–Crippen LogP) is 1.76. The molecule has 0 radical (unpaired) electrons. The monoisotopic (exact) mass is 355 g/mol. The number of nitrogens with zero attached hydrogens (tertiary/aromatic N) is 2. The number of piperidine rings is 1. The largest absolute Gasteiger partial charge is 0.341 e. The van der Waals surface area contributed by atoms with E-state index >= 15 is 0 Å². The zero-order valence-electron chi connectivity index (χ0n) is 13.1. The van der Waals surface area contributed by atoms with Crippen molar-refractivity contribution in [2.24, 2.45) is 0 Å². The van der Waals surface area contributed by atoms with E-state index < -0.39 is 0 Å². The molecule has 23 heavy (non-hydrogen) atoms. The van der Waals surface area contributed by atoms with Crippen LogP contribution >= 0.6 is 22.9 Å². The maximum Gasteiger partial charge on any atom is 0.236 e. The minimum atomic E-state index is 0.156. The van der Waals surface area contributed by atoms with E-state index in [-0.39, 0.29) is 17.9 Å². The second kappa shape index (κ2) is 7.64. The fourth-order valence-electron chi connectivity index (χ4n) is 3.32. The van der Waals surface area contributed by atoms with E-state index in [1.807, 2.05) is 21.9 Å². The molecule has 1 aromatic heterocycles. The third-order valence-electron chi connectivity index (χ3n) is 4.53. The number of carbonyl (C=O) groups excluding carboxylic acids is 2. The second-order valence-corrected chi connectivity index (χ2v) is 7.91. The van der Waals surface area contributed by atoms with E-state index in [0.717, 1.165) is 48.1 Å². The fourth-order valence-corrected chi connectivity index (χ4v) is 4.40. The number of piperazine rings is 1. The van der Waals surface area contributed by atoms with Crippen LogP contribution in [0.1, 0.15) is 24.1 Å². The van der Waals surface area contributed by atoms with Crippen molar-refractivity contribution in [3.8, 4) is 0 Å². The molecule has 1 N–H and O–H groups in total. The Kier molecular flexibility index (Phi) is 5.56. The lowest BCUT2D eigenvalue weighted by Gasteiger charge is -2.41. The molecule has 3 rings (SSSR count). The summed E-state index contributed by atoms with van der Waals surface area (Å²) < 4.78 is 0.766. The molecule has 2 aliphatic rings. The number of thiophene rings is 1. The first kappa shape index (κ1) is 16.7. The summed E-state index contributed by atoms with van der Waals surface area (Å²) in [6.45, 7) is 3.49. The molecule has 0 bridgehead atoms. The summed E-state index contributed by atoms with van der Waals surface area (Å²) in [5.41, 5.74) is 0. The molecule has 0 aromatic carbocycles. The maximum absolute atomic E-state index is 12.5. The van der Waals surface area contributed by atoms with Crippen molar-refractivity contribution < 1.29 is 9.59 Å². The van der Waals surface area contributed by atoms with Gasteiger partial charge in [0.05, 0.1) is 10.9 Å². The average molecular weight is 356 g/mol. The molecule has 7 heteroatoms. The van der Waals surface area contributed by atoms with Crippen molar-refractivity contribution in [1.29, 1.82) is 0 Å². The van der Waals surface area contributed by atoms with Crippen molar-refractivity contribution in [3.63, 3.8) is 0 Å². The van der Waals surface area contributed by atoms with E-state index in [2.05, 4.69) is 5.32 Å². The highest BCUT2D eigenvalue weighted by molar-refractivity contribution is 7.16. The first-order valence-electron chi connectivity index (χ1n) is 8.15. The lowest BCUT2D eigenvalue weighted by Crippen LogP contribution is -2.57. The van der Waals surface area contributed by atoms with Crippen LogP contribution in [0.2, 0.25) is 4.34 Å². The van der Waals surface area contributed by atoms with Gasteiger partial charge in [-0.15, -0.1) is 11.3 Å². The Balaban J connectivity index is 1.53. The average Bonchev–Trinajstić information content (AvgIpc) is 2.98. The van der Waals surface area contributed by atoms with E-state index in [4.69, 9.17) is 11.6 Å². The van der Waals surface area contributed by atoms with Gasteiger partial charge in [-0.05, 0) is 31.4 Å². The van der Waals surface area contributed by atoms with Crippen molar-refractivity contribution in [2.75, 3.05) is 32.7 Å². The van der Waals surface area contributed by atoms with Crippen molar-refractivity contribution in [3.05, 3.63) is 21.3 Å². The Morgan fingerprint density at radius 1 is 1.39 bits per heavy atom. The number of nitrogens with one attached hydrogen (secondary N) is 1. The van der Waals surface area contributed by atoms with Crippen LogP contribution in [0, 0.1) is 0 Å². The number of carbonyl (C=O) groups is 2. The smallest absolute Gasteiger partial charge is 0.236 e. The Morgan fingerprint density at radius 2 is 2.26 bits per heavy atom. The minimum Gasteiger partial charge on any atom is -0.341 e. The highest BCUT2D eigenvalue weighted by Gasteiger charge is 2.31. The van der Waals surface area contributed by atoms with Crippen LogP contribution in [0.4, 0.5) is 0 Å². The molecule has 2 amide bonds. The number of halogens is 1. The molecule has 0 aliphatic carbocycles. The Labute approximate surface area is 145 Å². The molecule has 1 unspecified atom stereocenters. The van der Waals surface area contributed by atoms with Gasteiger partial charge in [0.25, 0.3) is 0 Å². The third-order valence-corrected chi connectivity index (χ3v) is 5.82. The molecular formula is C16H22ClN3O2S. The van der Waals surface area contributed by atoms with Gasteiger partial charge in [-0.25, -0.2) is 0 Å². The maximum atomic E-state index is 12.5. The molecule has 126 valence electrons. The van der Waals surface area contributed by atoms with Crippen molar-refractivity contribution >= 4 is 34.8 Å². The molecule has 1 atom stereocenters. The van der Waals surface area contributed by atoms with Crippen molar-refractivity contribution in [2.45, 2.75) is 31.7 Å². The van der Waals surface area contributed by atoms with Crippen LogP contribution in [-0.4, -0.2) is 60.4 Å². The predicted molar refractivity (Wildman–Crippen MR) is 91.8 cm³/mol. The molecule has 5 nitrogen and oxygen atoms in total. The molecule has 3 heterocycles. The lowest BCUT2D eigenvalue weighted by atomic mass is 10.0. The summed E-state index contributed by atoms with van der Waals surface area (Å²) in [4.78, 5) is 29.5. The highest BCUT2D eigenvalue weighted by atomic mass is 35.5. The van der Waals surface area contributed by atoms with Crippen LogP contribution in [-0.2, 0) is 16.0 Å². The Morgan fingerprint density at radius 3 is 3.00 bits per heavy atom. The van der Waals surface area contributed by atoms with Gasteiger partial charge in [0.2, 0.25) is 11.8 Å². The number of amides is 2. The third kappa shape index (κ3) is 4.25. The molecule has 0 saturated carbocycles. The molecule has 2 aliphatic heterocycles. The highest BCUT2D eigenvalue weighted by Crippen LogP contribution is 2.23. The van der Waals surface area contributed by atoms with Crippen LogP contribution in [0.25, 0.3) is 0 Å². The first-order valence-corrected chi connectivity index (χ1v) is 9.35. The van der Waals surface area contributed by atoms with Gasteiger partial charge in [0, 0.05) is 43.5 Å². The summed E-state index contributed by atoms with van der Waals surface area (Å²) in [5.74, 6) is 0.339. The van der Waals surface area contributed by atoms with Gasteiger partial charge in [-0.2, -0.15) is 0 Å². The van der Waals surface area contributed by atoms with Crippen molar-refractivity contribution in [1.82, 2.24) is 15.1 Å². The zero-order valence-corrected chi connectivity index (χ0v) is 14.7. The first-order chi connectivity index (χ1) is 11.1. The molecule has 2 saturated heterocycles. The SMILES string of the molecule is O=C(CCc1ccc(Cl)s1)N1CCCC(N2CCNCC2=O)C1. The quantitative estimate of drug-likeness (QED) is 0.895. The van der Waals surface area contributed by atoms with Gasteiger partial charge in [-0.3, -0.25) is 9.59 Å². The Hall–Kier alpha value is -1.11. The number of hydrogen-bond donors (Lipinski definition) is 1. The van der Waals surface area contributed by atoms with Crippen LogP contribution in [0.3, 0.4) is 0 Å². The summed E-state index contributed by atoms with van der Waals surface area (Å²) in [5, 5.41) is 3.10. The van der Waals surface area contributed by atoms with E-state index in [0.29, 0.717) is 19.5 Å². The van der Waals surface area contributed by atoms with Crippen LogP contribution in [0.5, 0.6) is 0 Å². The second-order valence-electron chi connectivity index (χ2n) is 6.11. The number of aryl methyl sites for hydroxylation is 1. The van der Waals surface area contributed by atoms with E-state index in [1.54, 1.807) is 0 Å².